The second-order valence-corrected chi connectivity index (χ2v) is 6.09. The fourth-order valence-corrected chi connectivity index (χ4v) is 2.45. The molecule has 0 aliphatic rings. The summed E-state index contributed by atoms with van der Waals surface area (Å²) in [6.07, 6.45) is 0. The summed E-state index contributed by atoms with van der Waals surface area (Å²) in [5, 5.41) is 15.5. The zero-order chi connectivity index (χ0) is 20.0. The van der Waals surface area contributed by atoms with Gasteiger partial charge in [0.15, 0.2) is 0 Å². The Morgan fingerprint density at radius 2 is 1.96 bits per heavy atom. The number of anilines is 1. The molecule has 0 aliphatic carbocycles. The number of nitrogens with one attached hydrogen (secondary N) is 2. The molecule has 0 saturated carbocycles. The molecule has 0 fully saturated rings. The Kier molecular flexibility index (Phi) is 6.80. The molecule has 0 unspecified atom stereocenters. The first-order valence-corrected chi connectivity index (χ1v) is 8.11. The maximum absolute atomic E-state index is 13.5. The summed E-state index contributed by atoms with van der Waals surface area (Å²) in [7, 11) is 1.59. The van der Waals surface area contributed by atoms with Crippen molar-refractivity contribution < 1.29 is 18.9 Å². The van der Waals surface area contributed by atoms with Crippen LogP contribution < -0.4 is 10.6 Å². The van der Waals surface area contributed by atoms with Crippen LogP contribution in [-0.2, 0) is 11.3 Å². The van der Waals surface area contributed by atoms with Gasteiger partial charge >= 0.3 is 6.03 Å². The van der Waals surface area contributed by atoms with Crippen molar-refractivity contribution in [3.8, 4) is 0 Å². The molecule has 2 N–H and O–H groups in total. The molecule has 2 rings (SSSR count). The van der Waals surface area contributed by atoms with E-state index in [2.05, 4.69) is 10.6 Å². The molecule has 0 heterocycles. The number of nitrogens with zero attached hydrogens (tertiary/aromatic N) is 2. The van der Waals surface area contributed by atoms with Crippen LogP contribution in [0.3, 0.4) is 0 Å². The van der Waals surface area contributed by atoms with Gasteiger partial charge in [0.2, 0.25) is 5.91 Å². The van der Waals surface area contributed by atoms with Crippen molar-refractivity contribution in [2.45, 2.75) is 6.54 Å². The number of nitro benzene ring substituents is 1. The van der Waals surface area contributed by atoms with Gasteiger partial charge in [-0.05, 0) is 30.8 Å². The van der Waals surface area contributed by atoms with Gasteiger partial charge in [-0.3, -0.25) is 25.1 Å². The van der Waals surface area contributed by atoms with Crippen LogP contribution in [0.25, 0.3) is 0 Å². The molecule has 0 bridgehead atoms. The third-order valence-electron chi connectivity index (χ3n) is 3.47. The fraction of sp³-hybridized carbons (Fsp3) is 0.176. The smallest absolute Gasteiger partial charge is 0.305 e. The number of hydrogen-bond acceptors (Lipinski definition) is 5. The van der Waals surface area contributed by atoms with Gasteiger partial charge < -0.3 is 5.32 Å². The van der Waals surface area contributed by atoms with Crippen LogP contribution in [-0.4, -0.2) is 35.4 Å². The van der Waals surface area contributed by atoms with Crippen LogP contribution in [0.5, 0.6) is 0 Å². The number of halogens is 2. The van der Waals surface area contributed by atoms with E-state index >= 15 is 0 Å². The fourth-order valence-electron chi connectivity index (χ4n) is 2.27. The van der Waals surface area contributed by atoms with E-state index in [0.717, 1.165) is 0 Å². The van der Waals surface area contributed by atoms with Crippen molar-refractivity contribution >= 4 is 34.9 Å². The molecule has 0 radical (unpaired) electrons. The second-order valence-electron chi connectivity index (χ2n) is 5.69. The van der Waals surface area contributed by atoms with E-state index in [1.807, 2.05) is 0 Å². The Hall–Kier alpha value is -3.04. The van der Waals surface area contributed by atoms with E-state index in [4.69, 9.17) is 11.6 Å². The molecular weight excluding hydrogens is 379 g/mol. The lowest BCUT2D eigenvalue weighted by atomic mass is 10.2. The van der Waals surface area contributed by atoms with Crippen LogP contribution in [0.4, 0.5) is 20.6 Å². The number of likely N-dealkylation sites (N-methyl/N-ethyl adjacent to an activating group) is 1. The zero-order valence-corrected chi connectivity index (χ0v) is 15.0. The zero-order valence-electron chi connectivity index (χ0n) is 14.2. The molecule has 0 spiro atoms. The van der Waals surface area contributed by atoms with Crippen LogP contribution in [0.1, 0.15) is 5.56 Å². The molecule has 0 aromatic heterocycles. The lowest BCUT2D eigenvalue weighted by molar-refractivity contribution is -0.384. The van der Waals surface area contributed by atoms with E-state index in [-0.39, 0.29) is 24.5 Å². The number of carbonyl (C=O) groups excluding carboxylic acids is 2. The predicted octanol–water partition coefficient (Wildman–Crippen LogP) is 3.17. The molecule has 2 aromatic carbocycles. The van der Waals surface area contributed by atoms with Crippen molar-refractivity contribution in [3.63, 3.8) is 0 Å². The van der Waals surface area contributed by atoms with Crippen molar-refractivity contribution in [2.75, 3.05) is 18.9 Å². The van der Waals surface area contributed by atoms with E-state index in [1.54, 1.807) is 7.05 Å². The van der Waals surface area contributed by atoms with Gasteiger partial charge in [-0.25, -0.2) is 9.18 Å². The van der Waals surface area contributed by atoms with E-state index in [9.17, 15) is 24.1 Å². The first kappa shape index (κ1) is 20.3. The standard InChI is InChI=1S/C17H16ClFN4O4/c1-22(9-11-8-12(23(26)27)6-7-13(11)18)10-16(24)21-17(25)20-15-5-3-2-4-14(15)19/h2-8H,9-10H2,1H3,(H2,20,21,24,25). The lowest BCUT2D eigenvalue weighted by Gasteiger charge is -2.17. The van der Waals surface area contributed by atoms with Gasteiger partial charge in [0.25, 0.3) is 5.69 Å². The molecule has 0 saturated heterocycles. The van der Waals surface area contributed by atoms with Crippen LogP contribution in [0.15, 0.2) is 42.5 Å². The molecule has 27 heavy (non-hydrogen) atoms. The summed E-state index contributed by atoms with van der Waals surface area (Å²) < 4.78 is 13.5. The lowest BCUT2D eigenvalue weighted by Crippen LogP contribution is -2.40. The number of para-hydroxylation sites is 1. The maximum Gasteiger partial charge on any atom is 0.326 e. The van der Waals surface area contributed by atoms with Gasteiger partial charge in [0.05, 0.1) is 17.2 Å². The first-order chi connectivity index (χ1) is 12.8. The highest BCUT2D eigenvalue weighted by molar-refractivity contribution is 6.31. The topological polar surface area (TPSA) is 105 Å². The van der Waals surface area contributed by atoms with Crippen molar-refractivity contribution in [2.24, 2.45) is 0 Å². The van der Waals surface area contributed by atoms with Crippen LogP contribution in [0, 0.1) is 15.9 Å². The Morgan fingerprint density at radius 3 is 2.63 bits per heavy atom. The van der Waals surface area contributed by atoms with Crippen molar-refractivity contribution in [3.05, 3.63) is 69.0 Å². The largest absolute Gasteiger partial charge is 0.326 e. The summed E-state index contributed by atoms with van der Waals surface area (Å²) in [6, 6.07) is 8.68. The van der Waals surface area contributed by atoms with Crippen LogP contribution >= 0.6 is 11.6 Å². The number of rotatable bonds is 6. The molecule has 142 valence electrons. The van der Waals surface area contributed by atoms with Crippen molar-refractivity contribution in [1.82, 2.24) is 10.2 Å². The Morgan fingerprint density at radius 1 is 1.26 bits per heavy atom. The van der Waals surface area contributed by atoms with E-state index < -0.39 is 22.7 Å². The number of benzene rings is 2. The first-order valence-electron chi connectivity index (χ1n) is 7.73. The normalized spacial score (nSPS) is 10.5. The Bertz CT molecular complexity index is 878. The number of carbonyl (C=O) groups is 2. The maximum atomic E-state index is 13.5. The van der Waals surface area contributed by atoms with E-state index in [0.29, 0.717) is 10.6 Å². The number of amides is 3. The molecule has 3 amide bonds. The summed E-state index contributed by atoms with van der Waals surface area (Å²) in [6.45, 7) is -0.0213. The average Bonchev–Trinajstić information content (AvgIpc) is 2.58. The van der Waals surface area contributed by atoms with Crippen LogP contribution in [0.2, 0.25) is 5.02 Å². The molecule has 10 heteroatoms. The van der Waals surface area contributed by atoms with Gasteiger partial charge in [0.1, 0.15) is 5.82 Å². The second kappa shape index (κ2) is 9.06. The quantitative estimate of drug-likeness (QED) is 0.578. The highest BCUT2D eigenvalue weighted by Gasteiger charge is 2.15. The number of non-ortho nitro benzene ring substituents is 1. The van der Waals surface area contributed by atoms with Gasteiger partial charge in [0, 0.05) is 23.7 Å². The molecule has 8 nitrogen and oxygen atoms in total. The molecular formula is C17H16ClFN4O4. The van der Waals surface area contributed by atoms with Crippen molar-refractivity contribution in [1.29, 1.82) is 0 Å². The summed E-state index contributed by atoms with van der Waals surface area (Å²) >= 11 is 6.02. The van der Waals surface area contributed by atoms with Gasteiger partial charge in [-0.15, -0.1) is 0 Å². The summed E-state index contributed by atoms with van der Waals surface area (Å²) in [5.74, 6) is -1.26. The highest BCUT2D eigenvalue weighted by Crippen LogP contribution is 2.23. The third kappa shape index (κ3) is 6.01. The molecule has 0 atom stereocenters. The monoisotopic (exact) mass is 394 g/mol. The number of urea groups is 1. The average molecular weight is 395 g/mol. The minimum Gasteiger partial charge on any atom is -0.305 e. The van der Waals surface area contributed by atoms with E-state index in [1.165, 1.54) is 47.4 Å². The van der Waals surface area contributed by atoms with Gasteiger partial charge in [-0.1, -0.05) is 23.7 Å². The highest BCUT2D eigenvalue weighted by atomic mass is 35.5. The van der Waals surface area contributed by atoms with Gasteiger partial charge in [-0.2, -0.15) is 0 Å². The summed E-state index contributed by atoms with van der Waals surface area (Å²) in [5.41, 5.74) is 0.299. The predicted molar refractivity (Wildman–Crippen MR) is 98.0 cm³/mol. The summed E-state index contributed by atoms with van der Waals surface area (Å²) in [4.78, 5) is 35.5. The minimum absolute atomic E-state index is 0.0560. The molecule has 0 aliphatic heterocycles. The molecule has 2 aromatic rings. The number of hydrogen-bond donors (Lipinski definition) is 2. The number of nitro groups is 1. The Labute approximate surface area is 159 Å². The Balaban J connectivity index is 1.90. The number of imide groups is 1. The minimum atomic E-state index is -0.869. The third-order valence-corrected chi connectivity index (χ3v) is 3.84. The SMILES string of the molecule is CN(CC(=O)NC(=O)Nc1ccccc1F)Cc1cc([N+](=O)[O-])ccc1Cl.